The van der Waals surface area contributed by atoms with Gasteiger partial charge in [-0.2, -0.15) is 0 Å². The summed E-state index contributed by atoms with van der Waals surface area (Å²) in [6.45, 7) is 0. The van der Waals surface area contributed by atoms with Crippen molar-refractivity contribution in [3.05, 3.63) is 121 Å². The molecular formula is C32H24BO-. The molecule has 0 N–H and O–H groups in total. The molecule has 1 nitrogen and oxygen atoms in total. The van der Waals surface area contributed by atoms with E-state index in [1.54, 1.807) is 0 Å². The standard InChI is InChI=1S/C32H20O.BH4/c1-2-10-21(11-3-1)31-24-13-4-6-15-26(24)32(27-16-7-5-14-25(27)31)22-18-19-30-28(20-22)23-12-8-9-17-29(23)33-30;/h1-20H;1H4/q;-1. The van der Waals surface area contributed by atoms with E-state index in [9.17, 15) is 0 Å². The molecule has 7 rings (SSSR count). The Balaban J connectivity index is 0.00000217. The molecule has 7 aromatic rings. The van der Waals surface area contributed by atoms with Crippen molar-refractivity contribution >= 4 is 51.9 Å². The van der Waals surface area contributed by atoms with Crippen molar-refractivity contribution in [2.24, 2.45) is 0 Å². The molecule has 0 spiro atoms. The minimum Gasteiger partial charge on any atom is -0.456 e. The number of hydrogen-bond donors (Lipinski definition) is 0. The monoisotopic (exact) mass is 435 g/mol. The fraction of sp³-hybridized carbons (Fsp3) is 0. The molecule has 0 radical (unpaired) electrons. The van der Waals surface area contributed by atoms with E-state index in [0.717, 1.165) is 21.9 Å². The van der Waals surface area contributed by atoms with Crippen LogP contribution in [0.3, 0.4) is 0 Å². The first-order valence-electron chi connectivity index (χ1n) is 11.3. The highest BCUT2D eigenvalue weighted by molar-refractivity contribution is 6.22. The fourth-order valence-corrected chi connectivity index (χ4v) is 5.24. The van der Waals surface area contributed by atoms with Gasteiger partial charge in [-0.05, 0) is 62.0 Å². The van der Waals surface area contributed by atoms with Gasteiger partial charge in [-0.25, -0.2) is 0 Å². The molecule has 0 bridgehead atoms. The molecule has 0 saturated carbocycles. The Morgan fingerprint density at radius 2 is 0.824 bits per heavy atom. The highest BCUT2D eigenvalue weighted by Gasteiger charge is 2.17. The molecule has 0 amide bonds. The molecule has 162 valence electrons. The normalized spacial score (nSPS) is 11.3. The van der Waals surface area contributed by atoms with Crippen LogP contribution >= 0.6 is 0 Å². The van der Waals surface area contributed by atoms with E-state index < -0.39 is 0 Å². The summed E-state index contributed by atoms with van der Waals surface area (Å²) in [4.78, 5) is 0. The maximum atomic E-state index is 6.10. The highest BCUT2D eigenvalue weighted by atomic mass is 16.3. The fourth-order valence-electron chi connectivity index (χ4n) is 5.24. The van der Waals surface area contributed by atoms with Gasteiger partial charge in [-0.15, -0.1) is 0 Å². The summed E-state index contributed by atoms with van der Waals surface area (Å²) in [5, 5.41) is 7.39. The summed E-state index contributed by atoms with van der Waals surface area (Å²) in [5.41, 5.74) is 6.87. The third-order valence-corrected chi connectivity index (χ3v) is 6.66. The Morgan fingerprint density at radius 3 is 1.44 bits per heavy atom. The molecule has 0 aliphatic heterocycles. The molecule has 0 saturated heterocycles. The van der Waals surface area contributed by atoms with Gasteiger partial charge in [0, 0.05) is 10.8 Å². The molecule has 6 aromatic carbocycles. The number of furan rings is 1. The second kappa shape index (κ2) is 7.93. The first kappa shape index (κ1) is 20.3. The van der Waals surface area contributed by atoms with Crippen LogP contribution < -0.4 is 0 Å². The van der Waals surface area contributed by atoms with E-state index in [1.165, 1.54) is 43.8 Å². The molecule has 34 heavy (non-hydrogen) atoms. The lowest BCUT2D eigenvalue weighted by atomic mass is 9.86. The zero-order chi connectivity index (χ0) is 21.8. The average Bonchev–Trinajstić information content (AvgIpc) is 3.25. The van der Waals surface area contributed by atoms with Crippen molar-refractivity contribution in [2.45, 2.75) is 0 Å². The summed E-state index contributed by atoms with van der Waals surface area (Å²) in [5.74, 6) is 0. The Kier molecular flexibility index (Phi) is 4.74. The van der Waals surface area contributed by atoms with Gasteiger partial charge in [-0.1, -0.05) is 112 Å². The summed E-state index contributed by atoms with van der Waals surface area (Å²) in [7, 11) is 0. The van der Waals surface area contributed by atoms with Crippen LogP contribution in [-0.2, 0) is 0 Å². The smallest absolute Gasteiger partial charge is 0.135 e. The van der Waals surface area contributed by atoms with Crippen molar-refractivity contribution in [1.82, 2.24) is 0 Å². The second-order valence-electron chi connectivity index (χ2n) is 8.52. The largest absolute Gasteiger partial charge is 0.456 e. The first-order chi connectivity index (χ1) is 16.4. The van der Waals surface area contributed by atoms with E-state index in [1.807, 2.05) is 12.1 Å². The van der Waals surface area contributed by atoms with Crippen molar-refractivity contribution in [2.75, 3.05) is 0 Å². The lowest BCUT2D eigenvalue weighted by Gasteiger charge is -2.17. The Hall–Kier alpha value is -4.30. The summed E-state index contributed by atoms with van der Waals surface area (Å²) >= 11 is 0. The van der Waals surface area contributed by atoms with Crippen LogP contribution in [0.4, 0.5) is 0 Å². The van der Waals surface area contributed by atoms with E-state index >= 15 is 0 Å². The van der Waals surface area contributed by atoms with Gasteiger partial charge in [0.05, 0.1) is 0 Å². The molecule has 0 atom stereocenters. The van der Waals surface area contributed by atoms with Crippen molar-refractivity contribution in [3.8, 4) is 22.3 Å². The van der Waals surface area contributed by atoms with Crippen LogP contribution in [0.2, 0.25) is 0 Å². The Morgan fingerprint density at radius 1 is 0.353 bits per heavy atom. The SMILES string of the molecule is [BH4-].c1ccc(-c2c3ccccc3c(-c3ccc4oc5ccccc5c4c3)c3ccccc23)cc1. The molecular weight excluding hydrogens is 411 g/mol. The van der Waals surface area contributed by atoms with Gasteiger partial charge in [0.2, 0.25) is 0 Å². The maximum Gasteiger partial charge on any atom is 0.135 e. The highest BCUT2D eigenvalue weighted by Crippen LogP contribution is 2.44. The zero-order valence-corrected chi connectivity index (χ0v) is 18.0. The Labute approximate surface area is 199 Å². The predicted octanol–water partition coefficient (Wildman–Crippen LogP) is 7.77. The van der Waals surface area contributed by atoms with Crippen LogP contribution in [-0.4, -0.2) is 8.41 Å². The van der Waals surface area contributed by atoms with Crippen LogP contribution in [0.15, 0.2) is 126 Å². The summed E-state index contributed by atoms with van der Waals surface area (Å²) < 4.78 is 6.10. The lowest BCUT2D eigenvalue weighted by molar-refractivity contribution is 0.669. The minimum absolute atomic E-state index is 0. The van der Waals surface area contributed by atoms with Gasteiger partial charge in [0.25, 0.3) is 0 Å². The number of benzene rings is 6. The quantitative estimate of drug-likeness (QED) is 0.200. The predicted molar refractivity (Wildman–Crippen MR) is 151 cm³/mol. The van der Waals surface area contributed by atoms with Crippen LogP contribution in [0.25, 0.3) is 65.7 Å². The third-order valence-electron chi connectivity index (χ3n) is 6.66. The van der Waals surface area contributed by atoms with E-state index in [-0.39, 0.29) is 8.41 Å². The average molecular weight is 435 g/mol. The maximum absolute atomic E-state index is 6.10. The molecule has 2 heteroatoms. The minimum atomic E-state index is 0. The molecule has 0 unspecified atom stereocenters. The zero-order valence-electron chi connectivity index (χ0n) is 18.0. The first-order valence-corrected chi connectivity index (χ1v) is 11.3. The lowest BCUT2D eigenvalue weighted by Crippen LogP contribution is -1.90. The summed E-state index contributed by atoms with van der Waals surface area (Å²) in [6.07, 6.45) is 0. The van der Waals surface area contributed by atoms with E-state index in [2.05, 4.69) is 109 Å². The van der Waals surface area contributed by atoms with Crippen molar-refractivity contribution < 1.29 is 4.42 Å². The molecule has 0 aliphatic carbocycles. The molecule has 1 aromatic heterocycles. The molecule has 1 heterocycles. The van der Waals surface area contributed by atoms with E-state index in [4.69, 9.17) is 4.42 Å². The number of fused-ring (bicyclic) bond motifs is 5. The van der Waals surface area contributed by atoms with Gasteiger partial charge >= 0.3 is 0 Å². The molecule has 0 fully saturated rings. The number of para-hydroxylation sites is 1. The van der Waals surface area contributed by atoms with Crippen LogP contribution in [0.1, 0.15) is 0 Å². The molecule has 0 aliphatic rings. The number of rotatable bonds is 2. The second-order valence-corrected chi connectivity index (χ2v) is 8.52. The third kappa shape index (κ3) is 2.96. The van der Waals surface area contributed by atoms with Gasteiger partial charge in [0.15, 0.2) is 0 Å². The van der Waals surface area contributed by atoms with Crippen molar-refractivity contribution in [3.63, 3.8) is 0 Å². The topological polar surface area (TPSA) is 13.1 Å². The van der Waals surface area contributed by atoms with Gasteiger partial charge in [-0.3, -0.25) is 0 Å². The van der Waals surface area contributed by atoms with Crippen LogP contribution in [0, 0.1) is 0 Å². The van der Waals surface area contributed by atoms with Crippen LogP contribution in [0.5, 0.6) is 0 Å². The number of hydrogen-bond acceptors (Lipinski definition) is 1. The van der Waals surface area contributed by atoms with Gasteiger partial charge in [0.1, 0.15) is 11.2 Å². The Bertz CT molecular complexity index is 1760. The summed E-state index contributed by atoms with van der Waals surface area (Å²) in [6, 6.07) is 43.1. The van der Waals surface area contributed by atoms with E-state index in [0.29, 0.717) is 0 Å². The van der Waals surface area contributed by atoms with Gasteiger partial charge < -0.3 is 4.42 Å². The van der Waals surface area contributed by atoms with Crippen molar-refractivity contribution in [1.29, 1.82) is 0 Å².